The molecule has 0 saturated heterocycles. The fraction of sp³-hybridized carbons (Fsp3) is 0.364. The van der Waals surface area contributed by atoms with Gasteiger partial charge in [0.25, 0.3) is 0 Å². The van der Waals surface area contributed by atoms with Crippen LogP contribution in [0.2, 0.25) is 0 Å². The van der Waals surface area contributed by atoms with E-state index in [-0.39, 0.29) is 18.1 Å². The predicted octanol–water partition coefficient (Wildman–Crippen LogP) is 0.673. The van der Waals surface area contributed by atoms with E-state index in [4.69, 9.17) is 10.5 Å². The van der Waals surface area contributed by atoms with Gasteiger partial charge in [-0.2, -0.15) is 5.10 Å². The zero-order chi connectivity index (χ0) is 13.3. The summed E-state index contributed by atoms with van der Waals surface area (Å²) in [5, 5.41) is 4.23. The second-order valence-electron chi connectivity index (χ2n) is 3.80. The quantitative estimate of drug-likeness (QED) is 0.808. The number of nitrogen functional groups attached to an aromatic ring is 1. The average molecular weight is 249 g/mol. The van der Waals surface area contributed by atoms with Gasteiger partial charge >= 0.3 is 5.97 Å². The molecule has 0 radical (unpaired) electrons. The molecule has 0 spiro atoms. The minimum Gasteiger partial charge on any atom is -0.461 e. The fourth-order valence-corrected chi connectivity index (χ4v) is 1.71. The van der Waals surface area contributed by atoms with Crippen LogP contribution in [-0.2, 0) is 11.8 Å². The van der Waals surface area contributed by atoms with Crippen molar-refractivity contribution < 1.29 is 9.53 Å². The Bertz CT molecular complexity index is 584. The number of hydrogen-bond donors (Lipinski definition) is 1. The number of nitrogens with two attached hydrogens (primary N) is 1. The van der Waals surface area contributed by atoms with Crippen molar-refractivity contribution in [3.8, 4) is 5.82 Å². The van der Waals surface area contributed by atoms with Gasteiger partial charge in [0, 0.05) is 19.3 Å². The van der Waals surface area contributed by atoms with Gasteiger partial charge in [-0.15, -0.1) is 0 Å². The van der Waals surface area contributed by atoms with Gasteiger partial charge in [0.15, 0.2) is 11.5 Å². The topological polar surface area (TPSA) is 88.0 Å². The predicted molar refractivity (Wildman–Crippen MR) is 65.4 cm³/mol. The molecule has 0 unspecified atom stereocenters. The van der Waals surface area contributed by atoms with Gasteiger partial charge in [-0.25, -0.2) is 9.78 Å². The molecule has 96 valence electrons. The third-order valence-electron chi connectivity index (χ3n) is 2.48. The lowest BCUT2D eigenvalue weighted by atomic mass is 10.4. The molecular weight excluding hydrogens is 234 g/mol. The van der Waals surface area contributed by atoms with Gasteiger partial charge in [0.1, 0.15) is 11.6 Å². The smallest absolute Gasteiger partial charge is 0.360 e. The van der Waals surface area contributed by atoms with Gasteiger partial charge in [-0.3, -0.25) is 9.25 Å². The molecule has 7 heteroatoms. The number of rotatable bonds is 3. The lowest BCUT2D eigenvalue weighted by Gasteiger charge is -2.03. The minimum absolute atomic E-state index is 0.125. The van der Waals surface area contributed by atoms with Gasteiger partial charge in [-0.05, 0) is 13.8 Å². The van der Waals surface area contributed by atoms with Crippen LogP contribution < -0.4 is 5.73 Å². The highest BCUT2D eigenvalue weighted by Gasteiger charge is 2.21. The Kier molecular flexibility index (Phi) is 3.05. The molecule has 2 N–H and O–H groups in total. The number of aromatic nitrogens is 4. The van der Waals surface area contributed by atoms with Crippen molar-refractivity contribution in [3.05, 3.63) is 23.8 Å². The van der Waals surface area contributed by atoms with E-state index in [0.29, 0.717) is 11.6 Å². The molecular formula is C11H15N5O2. The van der Waals surface area contributed by atoms with Crippen molar-refractivity contribution in [2.75, 3.05) is 12.3 Å². The fourth-order valence-electron chi connectivity index (χ4n) is 1.71. The first-order valence-corrected chi connectivity index (χ1v) is 5.56. The van der Waals surface area contributed by atoms with Crippen LogP contribution in [0.1, 0.15) is 23.2 Å². The summed E-state index contributed by atoms with van der Waals surface area (Å²) in [6.45, 7) is 3.78. The summed E-state index contributed by atoms with van der Waals surface area (Å²) >= 11 is 0. The molecule has 0 aromatic carbocycles. The molecule has 0 fully saturated rings. The van der Waals surface area contributed by atoms with Crippen molar-refractivity contribution in [1.29, 1.82) is 0 Å². The first-order valence-electron chi connectivity index (χ1n) is 5.56. The normalized spacial score (nSPS) is 10.6. The van der Waals surface area contributed by atoms with Crippen LogP contribution in [0, 0.1) is 6.92 Å². The molecule has 7 nitrogen and oxygen atoms in total. The van der Waals surface area contributed by atoms with Crippen molar-refractivity contribution in [2.45, 2.75) is 13.8 Å². The third kappa shape index (κ3) is 1.94. The minimum atomic E-state index is -0.521. The second kappa shape index (κ2) is 4.52. The standard InChI is InChI=1S/C11H15N5O2/c1-4-18-11(17)9-10(12)16(7(2)13-9)8-5-6-15(3)14-8/h5-6H,4,12H2,1-3H3. The molecule has 0 aliphatic carbocycles. The number of aryl methyl sites for hydroxylation is 2. The van der Waals surface area contributed by atoms with Crippen molar-refractivity contribution in [1.82, 2.24) is 19.3 Å². The Hall–Kier alpha value is -2.31. The van der Waals surface area contributed by atoms with Crippen LogP contribution in [0.25, 0.3) is 5.82 Å². The summed E-state index contributed by atoms with van der Waals surface area (Å²) in [6, 6.07) is 1.79. The van der Waals surface area contributed by atoms with Crippen LogP contribution in [0.4, 0.5) is 5.82 Å². The molecule has 0 aliphatic rings. The van der Waals surface area contributed by atoms with E-state index >= 15 is 0 Å². The zero-order valence-corrected chi connectivity index (χ0v) is 10.5. The number of esters is 1. The Morgan fingerprint density at radius 1 is 1.56 bits per heavy atom. The van der Waals surface area contributed by atoms with E-state index in [1.165, 1.54) is 0 Å². The molecule has 0 aliphatic heterocycles. The summed E-state index contributed by atoms with van der Waals surface area (Å²) in [5.74, 6) is 0.933. The van der Waals surface area contributed by atoms with Gasteiger partial charge < -0.3 is 10.5 Å². The number of imidazole rings is 1. The molecule has 18 heavy (non-hydrogen) atoms. The van der Waals surface area contributed by atoms with E-state index in [1.54, 1.807) is 42.4 Å². The molecule has 2 rings (SSSR count). The van der Waals surface area contributed by atoms with Crippen molar-refractivity contribution in [3.63, 3.8) is 0 Å². The summed E-state index contributed by atoms with van der Waals surface area (Å²) in [6.07, 6.45) is 1.79. The number of carbonyl (C=O) groups is 1. The van der Waals surface area contributed by atoms with E-state index in [0.717, 1.165) is 0 Å². The highest BCUT2D eigenvalue weighted by molar-refractivity contribution is 5.92. The first-order chi connectivity index (χ1) is 8.54. The molecule has 0 amide bonds. The maximum Gasteiger partial charge on any atom is 0.360 e. The number of ether oxygens (including phenoxy) is 1. The first kappa shape index (κ1) is 12.2. The monoisotopic (exact) mass is 249 g/mol. The van der Waals surface area contributed by atoms with Crippen LogP contribution >= 0.6 is 0 Å². The summed E-state index contributed by atoms with van der Waals surface area (Å²) in [4.78, 5) is 15.8. The van der Waals surface area contributed by atoms with Crippen LogP contribution in [-0.4, -0.2) is 31.9 Å². The lowest BCUT2D eigenvalue weighted by molar-refractivity contribution is 0.0521. The van der Waals surface area contributed by atoms with Crippen molar-refractivity contribution >= 4 is 11.8 Å². The molecule has 0 saturated carbocycles. The molecule has 2 heterocycles. The maximum absolute atomic E-state index is 11.7. The highest BCUT2D eigenvalue weighted by Crippen LogP contribution is 2.19. The number of carbonyl (C=O) groups excluding carboxylic acids is 1. The van der Waals surface area contributed by atoms with Gasteiger partial charge in [0.2, 0.25) is 0 Å². The molecule has 0 atom stereocenters. The lowest BCUT2D eigenvalue weighted by Crippen LogP contribution is -2.09. The van der Waals surface area contributed by atoms with Crippen LogP contribution in [0.3, 0.4) is 0 Å². The number of anilines is 1. The van der Waals surface area contributed by atoms with Gasteiger partial charge in [0.05, 0.1) is 6.61 Å². The van der Waals surface area contributed by atoms with Crippen LogP contribution in [0.15, 0.2) is 12.3 Å². The summed E-state index contributed by atoms with van der Waals surface area (Å²) in [7, 11) is 1.80. The van der Waals surface area contributed by atoms with E-state index in [9.17, 15) is 4.79 Å². The van der Waals surface area contributed by atoms with Crippen LogP contribution in [0.5, 0.6) is 0 Å². The number of nitrogens with zero attached hydrogens (tertiary/aromatic N) is 4. The second-order valence-corrected chi connectivity index (χ2v) is 3.80. The molecule has 2 aromatic heterocycles. The van der Waals surface area contributed by atoms with E-state index in [2.05, 4.69) is 10.1 Å². The SMILES string of the molecule is CCOC(=O)c1nc(C)n(-c2ccn(C)n2)c1N. The Morgan fingerprint density at radius 2 is 2.28 bits per heavy atom. The van der Waals surface area contributed by atoms with E-state index < -0.39 is 5.97 Å². The molecule has 2 aromatic rings. The largest absolute Gasteiger partial charge is 0.461 e. The number of hydrogen-bond acceptors (Lipinski definition) is 5. The van der Waals surface area contributed by atoms with E-state index in [1.807, 2.05) is 0 Å². The summed E-state index contributed by atoms with van der Waals surface area (Å²) < 4.78 is 8.17. The maximum atomic E-state index is 11.7. The van der Waals surface area contributed by atoms with Gasteiger partial charge in [-0.1, -0.05) is 0 Å². The zero-order valence-electron chi connectivity index (χ0n) is 10.5. The Labute approximate surface area is 104 Å². The third-order valence-corrected chi connectivity index (χ3v) is 2.48. The molecule has 0 bridgehead atoms. The van der Waals surface area contributed by atoms with Crippen molar-refractivity contribution in [2.24, 2.45) is 7.05 Å². The average Bonchev–Trinajstić information content (AvgIpc) is 2.83. The Morgan fingerprint density at radius 3 is 2.83 bits per heavy atom. The highest BCUT2D eigenvalue weighted by atomic mass is 16.5. The summed E-state index contributed by atoms with van der Waals surface area (Å²) in [5.41, 5.74) is 6.05. The Balaban J connectivity index is 2.47.